The number of carbonyl (C=O) groups is 2. The van der Waals surface area contributed by atoms with Gasteiger partial charge >= 0.3 is 0 Å². The van der Waals surface area contributed by atoms with Crippen LogP contribution in [0.5, 0.6) is 0 Å². The van der Waals surface area contributed by atoms with Gasteiger partial charge in [-0.2, -0.15) is 5.10 Å². The number of nitrogens with one attached hydrogen (secondary N) is 1. The molecule has 1 N–H and O–H groups in total. The van der Waals surface area contributed by atoms with E-state index in [4.69, 9.17) is 0 Å². The van der Waals surface area contributed by atoms with Crippen molar-refractivity contribution >= 4 is 34.6 Å². The molecule has 0 fully saturated rings. The molecule has 1 atom stereocenters. The maximum Gasteiger partial charge on any atom is 0.267 e. The highest BCUT2D eigenvalue weighted by Gasteiger charge is 2.27. The first kappa shape index (κ1) is 18.3. The summed E-state index contributed by atoms with van der Waals surface area (Å²) in [5.74, 6) is -0.279. The summed E-state index contributed by atoms with van der Waals surface area (Å²) in [6, 6.07) is 9.97. The number of hydrogen-bond donors (Lipinski definition) is 1. The molecule has 0 saturated carbocycles. The quantitative estimate of drug-likeness (QED) is 0.875. The lowest BCUT2D eigenvalue weighted by atomic mass is 10.1. The average molecular weight is 369 g/mol. The Hall–Kier alpha value is -2.47. The van der Waals surface area contributed by atoms with Gasteiger partial charge < -0.3 is 5.32 Å². The van der Waals surface area contributed by atoms with Crippen molar-refractivity contribution in [2.24, 2.45) is 5.10 Å². The summed E-state index contributed by atoms with van der Waals surface area (Å²) in [6.07, 6.45) is 1.45. The summed E-state index contributed by atoms with van der Waals surface area (Å²) in [5, 5.41) is 10.8. The monoisotopic (exact) mass is 369 g/mol. The molecule has 1 aliphatic rings. The van der Waals surface area contributed by atoms with E-state index < -0.39 is 0 Å². The number of nitrogens with zero attached hydrogens (tertiary/aromatic N) is 2. The Balaban J connectivity index is 1.75. The Labute approximate surface area is 157 Å². The fourth-order valence-electron chi connectivity index (χ4n) is 2.94. The van der Waals surface area contributed by atoms with Gasteiger partial charge in [0.2, 0.25) is 5.91 Å². The number of rotatable bonds is 5. The molecule has 0 bridgehead atoms. The number of anilines is 1. The normalized spacial score (nSPS) is 15.6. The first-order valence-corrected chi connectivity index (χ1v) is 9.63. The Morgan fingerprint density at radius 3 is 2.85 bits per heavy atom. The maximum absolute atomic E-state index is 12.6. The largest absolute Gasteiger partial charge is 0.348 e. The number of carbonyl (C=O) groups excluding carboxylic acids is 2. The van der Waals surface area contributed by atoms with Crippen molar-refractivity contribution in [2.75, 3.05) is 5.01 Å². The molecule has 1 aromatic carbocycles. The third kappa shape index (κ3) is 4.19. The van der Waals surface area contributed by atoms with E-state index in [1.807, 2.05) is 50.4 Å². The summed E-state index contributed by atoms with van der Waals surface area (Å²) in [7, 11) is 0. The smallest absolute Gasteiger partial charge is 0.267 e. The number of aryl methyl sites for hydroxylation is 2. The highest BCUT2D eigenvalue weighted by Crippen LogP contribution is 2.25. The van der Waals surface area contributed by atoms with Crippen molar-refractivity contribution < 1.29 is 9.59 Å². The molecular formula is C20H23N3O2S. The van der Waals surface area contributed by atoms with Crippen LogP contribution in [0.2, 0.25) is 0 Å². The molecule has 6 heteroatoms. The van der Waals surface area contributed by atoms with E-state index in [0.29, 0.717) is 18.6 Å². The minimum atomic E-state index is -0.197. The topological polar surface area (TPSA) is 61.8 Å². The van der Waals surface area contributed by atoms with Gasteiger partial charge in [-0.05, 0) is 49.4 Å². The summed E-state index contributed by atoms with van der Waals surface area (Å²) in [5.41, 5.74) is 3.16. The summed E-state index contributed by atoms with van der Waals surface area (Å²) < 4.78 is 0. The number of hydrogen-bond acceptors (Lipinski definition) is 4. The molecule has 26 heavy (non-hydrogen) atoms. The van der Waals surface area contributed by atoms with Crippen LogP contribution >= 0.6 is 11.3 Å². The van der Waals surface area contributed by atoms with Crippen LogP contribution in [0.1, 0.15) is 35.8 Å². The van der Waals surface area contributed by atoms with Crippen molar-refractivity contribution in [2.45, 2.75) is 46.1 Å². The van der Waals surface area contributed by atoms with Gasteiger partial charge in [-0.25, -0.2) is 5.01 Å². The Kier molecular flexibility index (Phi) is 5.52. The molecule has 0 radical (unpaired) electrons. The van der Waals surface area contributed by atoms with Crippen LogP contribution in [0.15, 0.2) is 40.8 Å². The van der Waals surface area contributed by atoms with E-state index in [1.165, 1.54) is 9.89 Å². The average Bonchev–Trinajstić information content (AvgIpc) is 3.10. The third-order valence-corrected chi connectivity index (χ3v) is 5.25. The zero-order valence-corrected chi connectivity index (χ0v) is 16.1. The van der Waals surface area contributed by atoms with Crippen LogP contribution < -0.4 is 10.3 Å². The number of hydrazone groups is 1. The van der Waals surface area contributed by atoms with E-state index in [-0.39, 0.29) is 17.9 Å². The molecule has 0 spiro atoms. The molecule has 2 heterocycles. The molecule has 136 valence electrons. The van der Waals surface area contributed by atoms with E-state index >= 15 is 0 Å². The molecule has 5 nitrogen and oxygen atoms in total. The van der Waals surface area contributed by atoms with Crippen LogP contribution in [0, 0.1) is 13.8 Å². The molecule has 1 unspecified atom stereocenters. The molecule has 2 amide bonds. The van der Waals surface area contributed by atoms with Gasteiger partial charge in [-0.15, -0.1) is 11.3 Å². The SMILES string of the molecule is Cc1ccc(C)c(N2N=C(C(=O)NC(C)Cc3cccs3)CCC2=O)c1. The van der Waals surface area contributed by atoms with Gasteiger partial charge in [0.15, 0.2) is 0 Å². The lowest BCUT2D eigenvalue weighted by molar-refractivity contribution is -0.119. The van der Waals surface area contributed by atoms with E-state index in [1.54, 1.807) is 11.3 Å². The van der Waals surface area contributed by atoms with Gasteiger partial charge in [-0.1, -0.05) is 18.2 Å². The zero-order chi connectivity index (χ0) is 18.7. The minimum Gasteiger partial charge on any atom is -0.348 e. The lowest BCUT2D eigenvalue weighted by Crippen LogP contribution is -2.42. The first-order valence-electron chi connectivity index (χ1n) is 8.75. The summed E-state index contributed by atoms with van der Waals surface area (Å²) >= 11 is 1.68. The third-order valence-electron chi connectivity index (χ3n) is 4.35. The predicted molar refractivity (Wildman–Crippen MR) is 106 cm³/mol. The minimum absolute atomic E-state index is 0.00985. The standard InChI is InChI=1S/C20H23N3O2S/c1-13-6-7-14(2)18(11-13)23-19(24)9-8-17(22-23)20(25)21-15(3)12-16-5-4-10-26-16/h4-7,10-11,15H,8-9,12H2,1-3H3,(H,21,25). The summed E-state index contributed by atoms with van der Waals surface area (Å²) in [6.45, 7) is 5.89. The molecule has 2 aromatic rings. The fraction of sp³-hybridized carbons (Fsp3) is 0.350. The van der Waals surface area contributed by atoms with Crippen LogP contribution in [0.3, 0.4) is 0 Å². The highest BCUT2D eigenvalue weighted by atomic mass is 32.1. The van der Waals surface area contributed by atoms with Crippen LogP contribution in [0.4, 0.5) is 5.69 Å². The zero-order valence-electron chi connectivity index (χ0n) is 15.3. The molecule has 0 saturated heterocycles. The Morgan fingerprint density at radius 1 is 1.31 bits per heavy atom. The number of thiophene rings is 1. The van der Waals surface area contributed by atoms with Gasteiger partial charge in [0.25, 0.3) is 5.91 Å². The Bertz CT molecular complexity index is 843. The van der Waals surface area contributed by atoms with Gasteiger partial charge in [0, 0.05) is 30.2 Å². The van der Waals surface area contributed by atoms with E-state index in [0.717, 1.165) is 23.2 Å². The van der Waals surface area contributed by atoms with Gasteiger partial charge in [-0.3, -0.25) is 9.59 Å². The fourth-order valence-corrected chi connectivity index (χ4v) is 3.78. The summed E-state index contributed by atoms with van der Waals surface area (Å²) in [4.78, 5) is 26.2. The molecule has 3 rings (SSSR count). The number of benzene rings is 1. The van der Waals surface area contributed by atoms with E-state index in [9.17, 15) is 9.59 Å². The van der Waals surface area contributed by atoms with Crippen molar-refractivity contribution in [1.82, 2.24) is 5.32 Å². The second kappa shape index (κ2) is 7.83. The second-order valence-electron chi connectivity index (χ2n) is 6.70. The van der Waals surface area contributed by atoms with Crippen LogP contribution in [0.25, 0.3) is 0 Å². The van der Waals surface area contributed by atoms with Crippen molar-refractivity contribution in [1.29, 1.82) is 0 Å². The second-order valence-corrected chi connectivity index (χ2v) is 7.73. The molecule has 1 aliphatic heterocycles. The highest BCUT2D eigenvalue weighted by molar-refractivity contribution is 7.09. The first-order chi connectivity index (χ1) is 12.4. The van der Waals surface area contributed by atoms with Crippen LogP contribution in [-0.2, 0) is 16.0 Å². The number of amides is 2. The molecule has 1 aromatic heterocycles. The van der Waals surface area contributed by atoms with Gasteiger partial charge in [0.05, 0.1) is 5.69 Å². The van der Waals surface area contributed by atoms with Crippen molar-refractivity contribution in [3.8, 4) is 0 Å². The van der Waals surface area contributed by atoms with Crippen molar-refractivity contribution in [3.05, 3.63) is 51.7 Å². The maximum atomic E-state index is 12.6. The van der Waals surface area contributed by atoms with Crippen LogP contribution in [-0.4, -0.2) is 23.6 Å². The molecule has 0 aliphatic carbocycles. The van der Waals surface area contributed by atoms with Crippen molar-refractivity contribution in [3.63, 3.8) is 0 Å². The van der Waals surface area contributed by atoms with E-state index in [2.05, 4.69) is 16.5 Å². The molecular weight excluding hydrogens is 346 g/mol. The lowest BCUT2D eigenvalue weighted by Gasteiger charge is -2.25. The van der Waals surface area contributed by atoms with Gasteiger partial charge in [0.1, 0.15) is 5.71 Å². The predicted octanol–water partition coefficient (Wildman–Crippen LogP) is 3.60. The Morgan fingerprint density at radius 2 is 2.12 bits per heavy atom.